The lowest BCUT2D eigenvalue weighted by Crippen LogP contribution is -2.72. The molecule has 0 atom stereocenters. The molecule has 1 aliphatic carbocycles. The molecule has 2 nitrogen and oxygen atoms in total. The van der Waals surface area contributed by atoms with Crippen molar-refractivity contribution >= 4 is 67.8 Å². The van der Waals surface area contributed by atoms with Crippen LogP contribution in [0.4, 0.5) is 17.1 Å². The standard InChI is InChI=1S/C62H43NOSi/c1-62(56-28-10-5-23-50(56)51-24-6-11-29-57(51)62)44-17-15-18-46(40-44)63(45-36-33-42(34-37-45)43-35-38-59-55(39-43)52-25-7-12-30-58(52)64-59)47-19-16-22-49(41-47)65(48-20-3-2-4-21-48)60-31-13-8-26-53(60)54-27-9-14-32-61(54)65/h2-41H,1H3. The predicted molar refractivity (Wildman–Crippen MR) is 274 cm³/mol. The lowest BCUT2D eigenvalue weighted by molar-refractivity contribution is 0.669. The molecule has 0 N–H and O–H groups in total. The third-order valence-electron chi connectivity index (χ3n) is 14.4. The molecule has 1 aromatic heterocycles. The maximum atomic E-state index is 6.20. The molecule has 0 unspecified atom stereocenters. The molecular weight excluding hydrogens is 803 g/mol. The highest BCUT2D eigenvalue weighted by molar-refractivity contribution is 7.22. The number of fused-ring (bicyclic) bond motifs is 9. The SMILES string of the molecule is CC1(c2cccc(N(c3ccc(-c4ccc5oc6ccccc6c5c4)cc3)c3cccc([Si]4(c5ccccc5)c5ccccc5-c5ccccc54)c3)c2)c2ccccc2-c2ccccc21. The van der Waals surface area contributed by atoms with Gasteiger partial charge in [0, 0.05) is 33.2 Å². The largest absolute Gasteiger partial charge is 0.456 e. The maximum absolute atomic E-state index is 6.20. The average Bonchev–Trinajstić information content (AvgIpc) is 3.99. The lowest BCUT2D eigenvalue weighted by Gasteiger charge is -2.34. The Hall–Kier alpha value is -7.98. The molecule has 11 aromatic rings. The van der Waals surface area contributed by atoms with E-state index in [2.05, 4.69) is 242 Å². The van der Waals surface area contributed by atoms with Crippen LogP contribution in [-0.4, -0.2) is 8.07 Å². The Morgan fingerprint density at radius 3 is 1.62 bits per heavy atom. The van der Waals surface area contributed by atoms with Crippen LogP contribution in [0.1, 0.15) is 23.6 Å². The highest BCUT2D eigenvalue weighted by Gasteiger charge is 2.48. The molecule has 2 aliphatic rings. The zero-order valence-corrected chi connectivity index (χ0v) is 36.9. The van der Waals surface area contributed by atoms with Crippen molar-refractivity contribution in [3.8, 4) is 33.4 Å². The molecule has 0 radical (unpaired) electrons. The van der Waals surface area contributed by atoms with Gasteiger partial charge in [-0.3, -0.25) is 0 Å². The van der Waals surface area contributed by atoms with E-state index in [0.717, 1.165) is 50.1 Å². The van der Waals surface area contributed by atoms with E-state index >= 15 is 0 Å². The first-order valence-corrected chi connectivity index (χ1v) is 24.6. The Morgan fingerprint density at radius 2 is 0.908 bits per heavy atom. The van der Waals surface area contributed by atoms with Crippen LogP contribution in [0.3, 0.4) is 0 Å². The van der Waals surface area contributed by atoms with Gasteiger partial charge in [0.15, 0.2) is 8.07 Å². The van der Waals surface area contributed by atoms with Crippen LogP contribution < -0.4 is 25.6 Å². The normalized spacial score (nSPS) is 13.9. The van der Waals surface area contributed by atoms with Gasteiger partial charge < -0.3 is 9.32 Å². The molecule has 0 saturated heterocycles. The van der Waals surface area contributed by atoms with Crippen molar-refractivity contribution in [2.24, 2.45) is 0 Å². The first-order valence-electron chi connectivity index (χ1n) is 22.6. The summed E-state index contributed by atoms with van der Waals surface area (Å²) < 4.78 is 6.20. The fourth-order valence-electron chi connectivity index (χ4n) is 11.5. The molecule has 13 rings (SSSR count). The van der Waals surface area contributed by atoms with E-state index < -0.39 is 8.07 Å². The predicted octanol–water partition coefficient (Wildman–Crippen LogP) is 13.4. The molecule has 2 heterocycles. The second-order valence-electron chi connectivity index (χ2n) is 17.7. The molecule has 1 aliphatic heterocycles. The van der Waals surface area contributed by atoms with Crippen molar-refractivity contribution in [2.45, 2.75) is 12.3 Å². The molecule has 0 spiro atoms. The summed E-state index contributed by atoms with van der Waals surface area (Å²) in [6.45, 7) is 2.40. The van der Waals surface area contributed by atoms with E-state index in [0.29, 0.717) is 0 Å². The van der Waals surface area contributed by atoms with Crippen LogP contribution >= 0.6 is 0 Å². The average molecular weight is 846 g/mol. The highest BCUT2D eigenvalue weighted by atomic mass is 28.3. The summed E-state index contributed by atoms with van der Waals surface area (Å²) in [5.41, 5.74) is 16.4. The van der Waals surface area contributed by atoms with E-state index in [1.165, 1.54) is 59.7 Å². The molecule has 65 heavy (non-hydrogen) atoms. The Morgan fingerprint density at radius 1 is 0.369 bits per heavy atom. The van der Waals surface area contributed by atoms with Crippen molar-refractivity contribution in [3.05, 3.63) is 259 Å². The molecular formula is C62H43NOSi. The van der Waals surface area contributed by atoms with Crippen LogP contribution in [-0.2, 0) is 5.41 Å². The number of furan rings is 1. The van der Waals surface area contributed by atoms with Crippen molar-refractivity contribution in [1.82, 2.24) is 0 Å². The third-order valence-corrected chi connectivity index (χ3v) is 19.3. The van der Waals surface area contributed by atoms with E-state index in [4.69, 9.17) is 4.42 Å². The first-order chi connectivity index (χ1) is 32.1. The summed E-state index contributed by atoms with van der Waals surface area (Å²) in [5, 5.41) is 7.90. The minimum absolute atomic E-state index is 0.335. The summed E-state index contributed by atoms with van der Waals surface area (Å²) in [7, 11) is -2.75. The molecule has 0 amide bonds. The summed E-state index contributed by atoms with van der Waals surface area (Å²) in [6, 6.07) is 90.2. The molecule has 0 saturated carbocycles. The van der Waals surface area contributed by atoms with E-state index in [-0.39, 0.29) is 5.41 Å². The number of benzene rings is 10. The molecule has 306 valence electrons. The summed E-state index contributed by atoms with van der Waals surface area (Å²) >= 11 is 0. The number of nitrogens with zero attached hydrogens (tertiary/aromatic N) is 1. The quantitative estimate of drug-likeness (QED) is 0.149. The number of rotatable bonds is 7. The Labute approximate surface area is 380 Å². The van der Waals surface area contributed by atoms with Gasteiger partial charge in [-0.15, -0.1) is 0 Å². The highest BCUT2D eigenvalue weighted by Crippen LogP contribution is 2.53. The van der Waals surface area contributed by atoms with Crippen molar-refractivity contribution in [3.63, 3.8) is 0 Å². The smallest absolute Gasteiger partial charge is 0.180 e. The second-order valence-corrected chi connectivity index (χ2v) is 21.4. The zero-order chi connectivity index (χ0) is 43.1. The Bertz CT molecular complexity index is 3550. The van der Waals surface area contributed by atoms with Crippen molar-refractivity contribution in [1.29, 1.82) is 0 Å². The van der Waals surface area contributed by atoms with Gasteiger partial charge in [-0.2, -0.15) is 0 Å². The van der Waals surface area contributed by atoms with Gasteiger partial charge in [0.05, 0.1) is 0 Å². The monoisotopic (exact) mass is 845 g/mol. The van der Waals surface area contributed by atoms with E-state index in [1.54, 1.807) is 0 Å². The second kappa shape index (κ2) is 14.5. The fraction of sp³-hybridized carbons (Fsp3) is 0.0323. The van der Waals surface area contributed by atoms with Gasteiger partial charge in [-0.05, 0) is 132 Å². The van der Waals surface area contributed by atoms with Gasteiger partial charge in [-0.25, -0.2) is 0 Å². The molecule has 3 heteroatoms. The Balaban J connectivity index is 1.01. The minimum Gasteiger partial charge on any atom is -0.456 e. The van der Waals surface area contributed by atoms with E-state index in [9.17, 15) is 0 Å². The minimum atomic E-state index is -2.75. The van der Waals surface area contributed by atoms with Crippen molar-refractivity contribution in [2.75, 3.05) is 4.90 Å². The van der Waals surface area contributed by atoms with Gasteiger partial charge in [0.2, 0.25) is 0 Å². The van der Waals surface area contributed by atoms with Crippen molar-refractivity contribution < 1.29 is 4.42 Å². The summed E-state index contributed by atoms with van der Waals surface area (Å²) in [6.07, 6.45) is 0. The van der Waals surface area contributed by atoms with Gasteiger partial charge in [0.25, 0.3) is 0 Å². The van der Waals surface area contributed by atoms with Gasteiger partial charge >= 0.3 is 0 Å². The van der Waals surface area contributed by atoms with Gasteiger partial charge in [-0.1, -0.05) is 188 Å². The van der Waals surface area contributed by atoms with Crippen LogP contribution in [0.15, 0.2) is 247 Å². The molecule has 0 bridgehead atoms. The number of hydrogen-bond acceptors (Lipinski definition) is 2. The zero-order valence-electron chi connectivity index (χ0n) is 35.9. The van der Waals surface area contributed by atoms with Crippen LogP contribution in [0.25, 0.3) is 55.3 Å². The maximum Gasteiger partial charge on any atom is 0.180 e. The molecule has 0 fully saturated rings. The lowest BCUT2D eigenvalue weighted by atomic mass is 9.74. The molecule has 10 aromatic carbocycles. The summed E-state index contributed by atoms with van der Waals surface area (Å²) in [4.78, 5) is 2.47. The number of anilines is 3. The fourth-order valence-corrected chi connectivity index (χ4v) is 16.7. The van der Waals surface area contributed by atoms with Crippen LogP contribution in [0.5, 0.6) is 0 Å². The van der Waals surface area contributed by atoms with Gasteiger partial charge in [0.1, 0.15) is 11.2 Å². The Kier molecular flexibility index (Phi) is 8.40. The summed E-state index contributed by atoms with van der Waals surface area (Å²) in [5.74, 6) is 0. The van der Waals surface area contributed by atoms with Crippen LogP contribution in [0, 0.1) is 0 Å². The number of para-hydroxylation sites is 1. The first kappa shape index (κ1) is 37.6. The third kappa shape index (κ3) is 5.52. The number of hydrogen-bond donors (Lipinski definition) is 0. The van der Waals surface area contributed by atoms with E-state index in [1.807, 2.05) is 12.1 Å². The topological polar surface area (TPSA) is 16.4 Å². The van der Waals surface area contributed by atoms with Crippen LogP contribution in [0.2, 0.25) is 0 Å².